The molecule has 0 aromatic carbocycles. The van der Waals surface area contributed by atoms with E-state index >= 15 is 0 Å². The molecule has 1 atom stereocenters. The number of rotatable bonds is 7. The minimum Gasteiger partial charge on any atom is -0.316 e. The number of nitrogens with one attached hydrogen (secondary N) is 1. The lowest BCUT2D eigenvalue weighted by atomic mass is 10.2. The van der Waals surface area contributed by atoms with Crippen molar-refractivity contribution in [1.29, 1.82) is 0 Å². The third-order valence-corrected chi connectivity index (χ3v) is 3.34. The summed E-state index contributed by atoms with van der Waals surface area (Å²) in [6.45, 7) is 6.57. The van der Waals surface area contributed by atoms with E-state index in [1.54, 1.807) is 16.4 Å². The fraction of sp³-hybridized carbons (Fsp3) is 0.889. The fourth-order valence-electron chi connectivity index (χ4n) is 1.14. The first-order chi connectivity index (χ1) is 7.24. The fourth-order valence-corrected chi connectivity index (χ4v) is 2.01. The highest BCUT2D eigenvalue weighted by molar-refractivity contribution is 7.99. The molecule has 0 fully saturated rings. The highest BCUT2D eigenvalue weighted by Crippen LogP contribution is 2.15. The molecule has 0 aliphatic carbocycles. The van der Waals surface area contributed by atoms with Crippen molar-refractivity contribution >= 4 is 11.8 Å². The normalized spacial score (nSPS) is 13.0. The van der Waals surface area contributed by atoms with Crippen LogP contribution in [0.15, 0.2) is 5.16 Å². The van der Waals surface area contributed by atoms with Crippen molar-refractivity contribution in [2.75, 3.05) is 18.8 Å². The predicted molar refractivity (Wildman–Crippen MR) is 61.8 cm³/mol. The zero-order valence-corrected chi connectivity index (χ0v) is 10.4. The smallest absolute Gasteiger partial charge is 0.209 e. The Kier molecular flexibility index (Phi) is 5.63. The van der Waals surface area contributed by atoms with Crippen LogP contribution in [0, 0.1) is 5.92 Å². The maximum atomic E-state index is 3.93. The van der Waals surface area contributed by atoms with Gasteiger partial charge in [-0.05, 0) is 35.9 Å². The van der Waals surface area contributed by atoms with E-state index in [-0.39, 0.29) is 0 Å². The van der Waals surface area contributed by atoms with Crippen molar-refractivity contribution in [2.45, 2.75) is 25.4 Å². The van der Waals surface area contributed by atoms with Crippen molar-refractivity contribution in [2.24, 2.45) is 13.0 Å². The van der Waals surface area contributed by atoms with Crippen molar-refractivity contribution in [3.63, 3.8) is 0 Å². The van der Waals surface area contributed by atoms with E-state index in [0.29, 0.717) is 5.92 Å². The van der Waals surface area contributed by atoms with E-state index in [0.717, 1.165) is 24.0 Å². The van der Waals surface area contributed by atoms with Crippen LogP contribution in [0.5, 0.6) is 0 Å². The number of hydrogen-bond acceptors (Lipinski definition) is 5. The second-order valence-electron chi connectivity index (χ2n) is 3.71. The Morgan fingerprint density at radius 2 is 2.33 bits per heavy atom. The van der Waals surface area contributed by atoms with Crippen LogP contribution in [0.3, 0.4) is 0 Å². The summed E-state index contributed by atoms with van der Waals surface area (Å²) in [5.41, 5.74) is 0. The molecule has 5 nitrogen and oxygen atoms in total. The molecule has 1 rings (SSSR count). The average Bonchev–Trinajstić information content (AvgIpc) is 2.61. The van der Waals surface area contributed by atoms with Gasteiger partial charge < -0.3 is 5.32 Å². The largest absolute Gasteiger partial charge is 0.316 e. The minimum absolute atomic E-state index is 0.637. The maximum absolute atomic E-state index is 3.93. The number of tetrazole rings is 1. The minimum atomic E-state index is 0.637. The second kappa shape index (κ2) is 6.79. The molecule has 1 N–H and O–H groups in total. The number of hydrogen-bond donors (Lipinski definition) is 1. The van der Waals surface area contributed by atoms with Crippen LogP contribution in [0.2, 0.25) is 0 Å². The second-order valence-corrected chi connectivity index (χ2v) is 4.69. The molecule has 1 aromatic heterocycles. The highest BCUT2D eigenvalue weighted by atomic mass is 32.2. The average molecular weight is 229 g/mol. The first kappa shape index (κ1) is 12.4. The molecule has 0 aliphatic rings. The molecular formula is C9H19N5S. The van der Waals surface area contributed by atoms with E-state index in [9.17, 15) is 0 Å². The number of aryl methyl sites for hydroxylation is 1. The first-order valence-corrected chi connectivity index (χ1v) is 6.28. The Balaban J connectivity index is 2.16. The lowest BCUT2D eigenvalue weighted by Crippen LogP contribution is -2.23. The van der Waals surface area contributed by atoms with Gasteiger partial charge in [0.15, 0.2) is 0 Å². The van der Waals surface area contributed by atoms with Crippen LogP contribution in [0.1, 0.15) is 20.3 Å². The van der Waals surface area contributed by atoms with E-state index < -0.39 is 0 Å². The maximum Gasteiger partial charge on any atom is 0.209 e. The molecule has 0 radical (unpaired) electrons. The van der Waals surface area contributed by atoms with E-state index in [1.165, 1.54) is 6.42 Å². The molecule has 0 aliphatic heterocycles. The van der Waals surface area contributed by atoms with E-state index in [2.05, 4.69) is 34.7 Å². The zero-order chi connectivity index (χ0) is 11.1. The van der Waals surface area contributed by atoms with Crippen molar-refractivity contribution in [1.82, 2.24) is 25.5 Å². The molecule has 1 heterocycles. The predicted octanol–water partition coefficient (Wildman–Crippen LogP) is 0.938. The van der Waals surface area contributed by atoms with Gasteiger partial charge in [-0.15, -0.1) is 5.10 Å². The summed E-state index contributed by atoms with van der Waals surface area (Å²) < 4.78 is 1.71. The number of aromatic nitrogens is 4. The van der Waals surface area contributed by atoms with Crippen LogP contribution in [0.25, 0.3) is 0 Å². The standard InChI is InChI=1S/C9H19N5S/c1-4-5-10-6-8(2)7-15-9-11-12-13-14(9)3/h8,10H,4-7H2,1-3H3. The van der Waals surface area contributed by atoms with Crippen molar-refractivity contribution in [3.05, 3.63) is 0 Å². The third kappa shape index (κ3) is 4.61. The van der Waals surface area contributed by atoms with Crippen LogP contribution < -0.4 is 5.32 Å². The van der Waals surface area contributed by atoms with Gasteiger partial charge in [-0.2, -0.15) is 0 Å². The SMILES string of the molecule is CCCNCC(C)CSc1nnnn1C. The molecule has 1 unspecified atom stereocenters. The Morgan fingerprint density at radius 1 is 1.53 bits per heavy atom. The van der Waals surface area contributed by atoms with Gasteiger partial charge in [0, 0.05) is 12.8 Å². The van der Waals surface area contributed by atoms with Crippen molar-refractivity contribution in [3.8, 4) is 0 Å². The van der Waals surface area contributed by atoms with Crippen molar-refractivity contribution < 1.29 is 0 Å². The molecule has 86 valence electrons. The van der Waals surface area contributed by atoms with Gasteiger partial charge in [0.25, 0.3) is 0 Å². The third-order valence-electron chi connectivity index (χ3n) is 2.00. The number of thioether (sulfide) groups is 1. The summed E-state index contributed by atoms with van der Waals surface area (Å²) in [6, 6.07) is 0. The molecule has 6 heteroatoms. The quantitative estimate of drug-likeness (QED) is 0.557. The Bertz CT molecular complexity index is 275. The van der Waals surface area contributed by atoms with Gasteiger partial charge in [-0.25, -0.2) is 4.68 Å². The lowest BCUT2D eigenvalue weighted by molar-refractivity contribution is 0.556. The highest BCUT2D eigenvalue weighted by Gasteiger charge is 2.06. The van der Waals surface area contributed by atoms with Crippen LogP contribution in [-0.2, 0) is 7.05 Å². The molecule has 0 spiro atoms. The van der Waals surface area contributed by atoms with Gasteiger partial charge in [-0.1, -0.05) is 25.6 Å². The zero-order valence-electron chi connectivity index (χ0n) is 9.60. The summed E-state index contributed by atoms with van der Waals surface area (Å²) in [6.07, 6.45) is 1.19. The summed E-state index contributed by atoms with van der Waals surface area (Å²) in [5.74, 6) is 1.68. The van der Waals surface area contributed by atoms with Crippen LogP contribution in [0.4, 0.5) is 0 Å². The van der Waals surface area contributed by atoms with Crippen LogP contribution in [-0.4, -0.2) is 39.0 Å². The first-order valence-electron chi connectivity index (χ1n) is 5.30. The summed E-state index contributed by atoms with van der Waals surface area (Å²) >= 11 is 1.71. The summed E-state index contributed by atoms with van der Waals surface area (Å²) in [5, 5.41) is 15.6. The lowest BCUT2D eigenvalue weighted by Gasteiger charge is -2.10. The molecule has 0 amide bonds. The molecule has 0 saturated heterocycles. The molecule has 15 heavy (non-hydrogen) atoms. The van der Waals surface area contributed by atoms with Gasteiger partial charge in [0.2, 0.25) is 5.16 Å². The molecule has 1 aromatic rings. The topological polar surface area (TPSA) is 55.6 Å². The van der Waals surface area contributed by atoms with Gasteiger partial charge in [-0.3, -0.25) is 0 Å². The number of nitrogens with zero attached hydrogens (tertiary/aromatic N) is 4. The molecule has 0 bridgehead atoms. The van der Waals surface area contributed by atoms with E-state index in [4.69, 9.17) is 0 Å². The molecular weight excluding hydrogens is 210 g/mol. The van der Waals surface area contributed by atoms with Crippen LogP contribution >= 0.6 is 11.8 Å². The monoisotopic (exact) mass is 229 g/mol. The molecule has 0 saturated carbocycles. The van der Waals surface area contributed by atoms with Gasteiger partial charge in [0.1, 0.15) is 0 Å². The Hall–Kier alpha value is -0.620. The summed E-state index contributed by atoms with van der Waals surface area (Å²) in [7, 11) is 1.86. The van der Waals surface area contributed by atoms with Gasteiger partial charge in [0.05, 0.1) is 0 Å². The van der Waals surface area contributed by atoms with E-state index in [1.807, 2.05) is 7.05 Å². The Labute approximate surface area is 95.0 Å². The Morgan fingerprint density at radius 3 is 2.93 bits per heavy atom. The van der Waals surface area contributed by atoms with Gasteiger partial charge >= 0.3 is 0 Å². The summed E-state index contributed by atoms with van der Waals surface area (Å²) in [4.78, 5) is 0.